The van der Waals surface area contributed by atoms with Gasteiger partial charge in [0.2, 0.25) is 0 Å². The topological polar surface area (TPSA) is 25.2 Å². The molecule has 0 bridgehead atoms. The van der Waals surface area contributed by atoms with Gasteiger partial charge in [0.25, 0.3) is 0 Å². The Morgan fingerprint density at radius 3 is 2.52 bits per heavy atom. The quantitative estimate of drug-likeness (QED) is 0.557. The molecule has 1 aromatic heterocycles. The van der Waals surface area contributed by atoms with E-state index in [0.717, 1.165) is 11.3 Å². The molecule has 0 atom stereocenters. The van der Waals surface area contributed by atoms with E-state index < -0.39 is 5.82 Å². The predicted octanol–water partition coefficient (Wildman–Crippen LogP) is 5.63. The second kappa shape index (κ2) is 8.99. The first-order chi connectivity index (χ1) is 11.6. The van der Waals surface area contributed by atoms with Crippen molar-refractivity contribution in [3.05, 3.63) is 82.6 Å². The van der Waals surface area contributed by atoms with Gasteiger partial charge in [0.05, 0.1) is 11.6 Å². The van der Waals surface area contributed by atoms with Gasteiger partial charge >= 0.3 is 0 Å². The Labute approximate surface area is 156 Å². The summed E-state index contributed by atoms with van der Waals surface area (Å²) < 4.78 is 32.4. The van der Waals surface area contributed by atoms with Crippen LogP contribution in [-0.2, 0) is 13.0 Å². The van der Waals surface area contributed by atoms with Gasteiger partial charge in [0, 0.05) is 5.56 Å². The normalized spacial score (nSPS) is 10.5. The van der Waals surface area contributed by atoms with Crippen LogP contribution in [0.1, 0.15) is 11.3 Å². The summed E-state index contributed by atoms with van der Waals surface area (Å²) >= 11 is 5.78. The lowest BCUT2D eigenvalue weighted by molar-refractivity contribution is 0.493. The van der Waals surface area contributed by atoms with Crippen molar-refractivity contribution in [3.8, 4) is 11.3 Å². The van der Waals surface area contributed by atoms with Crippen LogP contribution in [-0.4, -0.2) is 6.54 Å². The zero-order chi connectivity index (χ0) is 16.9. The van der Waals surface area contributed by atoms with Crippen LogP contribution in [0.3, 0.4) is 0 Å². The zero-order valence-corrected chi connectivity index (χ0v) is 14.8. The Kier molecular flexibility index (Phi) is 7.00. The van der Waals surface area contributed by atoms with Crippen LogP contribution in [0.25, 0.3) is 11.3 Å². The van der Waals surface area contributed by atoms with Crippen LogP contribution in [0.4, 0.5) is 8.78 Å². The molecule has 2 aromatic carbocycles. The second-order valence-electron chi connectivity index (χ2n) is 5.41. The summed E-state index contributed by atoms with van der Waals surface area (Å²) in [6.45, 7) is 1.17. The molecule has 25 heavy (non-hydrogen) atoms. The van der Waals surface area contributed by atoms with E-state index in [2.05, 4.69) is 5.32 Å². The Bertz CT molecular complexity index is 836. The van der Waals surface area contributed by atoms with Crippen molar-refractivity contribution in [2.24, 2.45) is 0 Å². The molecule has 0 aliphatic heterocycles. The van der Waals surface area contributed by atoms with Crippen LogP contribution in [0, 0.1) is 11.6 Å². The third kappa shape index (κ3) is 5.05. The molecule has 0 aliphatic carbocycles. The Morgan fingerprint density at radius 1 is 0.960 bits per heavy atom. The first-order valence-electron chi connectivity index (χ1n) is 7.62. The highest BCUT2D eigenvalue weighted by Crippen LogP contribution is 2.26. The molecule has 0 radical (unpaired) electrons. The summed E-state index contributed by atoms with van der Waals surface area (Å²) in [5.41, 5.74) is 1.41. The molecule has 0 aliphatic rings. The van der Waals surface area contributed by atoms with Crippen molar-refractivity contribution in [1.29, 1.82) is 0 Å². The van der Waals surface area contributed by atoms with E-state index in [1.807, 2.05) is 18.2 Å². The van der Waals surface area contributed by atoms with Crippen molar-refractivity contribution >= 4 is 24.0 Å². The highest BCUT2D eigenvalue weighted by molar-refractivity contribution is 6.31. The average molecular weight is 384 g/mol. The van der Waals surface area contributed by atoms with E-state index in [1.54, 1.807) is 18.2 Å². The van der Waals surface area contributed by atoms with Gasteiger partial charge in [0.15, 0.2) is 0 Å². The summed E-state index contributed by atoms with van der Waals surface area (Å²) in [5, 5.41) is 3.28. The van der Waals surface area contributed by atoms with Crippen LogP contribution in [0.5, 0.6) is 0 Å². The van der Waals surface area contributed by atoms with Crippen molar-refractivity contribution in [3.63, 3.8) is 0 Å². The van der Waals surface area contributed by atoms with Gasteiger partial charge in [0.1, 0.15) is 23.2 Å². The van der Waals surface area contributed by atoms with Crippen LogP contribution in [0.2, 0.25) is 5.02 Å². The van der Waals surface area contributed by atoms with Gasteiger partial charge in [-0.25, -0.2) is 8.78 Å². The van der Waals surface area contributed by atoms with Gasteiger partial charge < -0.3 is 9.73 Å². The summed E-state index contributed by atoms with van der Waals surface area (Å²) in [5.74, 6) is 0.733. The molecule has 1 N–H and O–H groups in total. The van der Waals surface area contributed by atoms with E-state index in [9.17, 15) is 8.78 Å². The molecule has 0 spiro atoms. The van der Waals surface area contributed by atoms with Crippen molar-refractivity contribution in [2.45, 2.75) is 13.0 Å². The van der Waals surface area contributed by atoms with E-state index in [4.69, 9.17) is 16.0 Å². The minimum atomic E-state index is -0.456. The molecule has 1 heterocycles. The average Bonchev–Trinajstić information content (AvgIpc) is 3.04. The first kappa shape index (κ1) is 19.4. The minimum Gasteiger partial charge on any atom is -0.460 e. The Morgan fingerprint density at radius 2 is 1.76 bits per heavy atom. The predicted molar refractivity (Wildman–Crippen MR) is 98.2 cm³/mol. The number of hydrogen-bond donors (Lipinski definition) is 1. The molecule has 3 aromatic rings. The molecule has 0 unspecified atom stereocenters. The number of benzene rings is 2. The minimum absolute atomic E-state index is 0. The maximum absolute atomic E-state index is 13.5. The van der Waals surface area contributed by atoms with Crippen molar-refractivity contribution in [1.82, 2.24) is 5.32 Å². The highest BCUT2D eigenvalue weighted by atomic mass is 35.5. The largest absolute Gasteiger partial charge is 0.460 e. The molecule has 0 amide bonds. The zero-order valence-electron chi connectivity index (χ0n) is 13.3. The number of hydrogen-bond acceptors (Lipinski definition) is 2. The summed E-state index contributed by atoms with van der Waals surface area (Å²) in [4.78, 5) is 0. The molecule has 0 saturated carbocycles. The van der Waals surface area contributed by atoms with E-state index in [0.29, 0.717) is 30.8 Å². The maximum Gasteiger partial charge on any atom is 0.141 e. The fraction of sp³-hybridized carbons (Fsp3) is 0.158. The molecule has 2 nitrogen and oxygen atoms in total. The smallest absolute Gasteiger partial charge is 0.141 e. The van der Waals surface area contributed by atoms with Crippen molar-refractivity contribution in [2.75, 3.05) is 6.54 Å². The molecule has 0 saturated heterocycles. The second-order valence-corrected chi connectivity index (χ2v) is 5.82. The lowest BCUT2D eigenvalue weighted by Gasteiger charge is -2.04. The van der Waals surface area contributed by atoms with Gasteiger partial charge in [-0.05, 0) is 54.9 Å². The Hall–Kier alpha value is -1.88. The SMILES string of the molecule is Cl.Fc1ccc(-c2ccc(CNCCc3ccccc3F)o2)cc1Cl. The van der Waals surface area contributed by atoms with Gasteiger partial charge in [-0.1, -0.05) is 29.8 Å². The third-order valence-corrected chi connectivity index (χ3v) is 3.98. The maximum atomic E-state index is 13.5. The fourth-order valence-corrected chi connectivity index (χ4v) is 2.59. The molecule has 0 fully saturated rings. The van der Waals surface area contributed by atoms with E-state index in [-0.39, 0.29) is 23.2 Å². The van der Waals surface area contributed by atoms with Crippen LogP contribution in [0.15, 0.2) is 59.0 Å². The molecule has 6 heteroatoms. The molecular formula is C19H17Cl2F2NO. The van der Waals surface area contributed by atoms with Gasteiger partial charge in [-0.3, -0.25) is 0 Å². The molecule has 132 valence electrons. The van der Waals surface area contributed by atoms with Crippen LogP contribution >= 0.6 is 24.0 Å². The number of furan rings is 1. The molecular weight excluding hydrogens is 367 g/mol. The van der Waals surface area contributed by atoms with E-state index >= 15 is 0 Å². The lowest BCUT2D eigenvalue weighted by Crippen LogP contribution is -2.16. The summed E-state index contributed by atoms with van der Waals surface area (Å²) in [6, 6.07) is 14.9. The Balaban J connectivity index is 0.00000225. The fourth-order valence-electron chi connectivity index (χ4n) is 2.41. The summed E-state index contributed by atoms with van der Waals surface area (Å²) in [7, 11) is 0. The number of halogens is 4. The standard InChI is InChI=1S/C19H16ClF2NO.ClH/c20-16-11-14(5-7-18(16)22)19-8-6-15(24-19)12-23-10-9-13-3-1-2-4-17(13)21;/h1-8,11,23H,9-10,12H2;1H. The van der Waals surface area contributed by atoms with Gasteiger partial charge in [-0.2, -0.15) is 0 Å². The lowest BCUT2D eigenvalue weighted by atomic mass is 10.1. The van der Waals surface area contributed by atoms with Gasteiger partial charge in [-0.15, -0.1) is 12.4 Å². The first-order valence-corrected chi connectivity index (χ1v) is 7.99. The van der Waals surface area contributed by atoms with Crippen LogP contribution < -0.4 is 5.32 Å². The third-order valence-electron chi connectivity index (χ3n) is 3.69. The summed E-state index contributed by atoms with van der Waals surface area (Å²) in [6.07, 6.45) is 0.605. The number of rotatable bonds is 6. The monoisotopic (exact) mass is 383 g/mol. The number of nitrogens with one attached hydrogen (secondary N) is 1. The van der Waals surface area contributed by atoms with E-state index in [1.165, 1.54) is 18.2 Å². The highest BCUT2D eigenvalue weighted by Gasteiger charge is 2.08. The van der Waals surface area contributed by atoms with Crippen molar-refractivity contribution < 1.29 is 13.2 Å². The molecule has 3 rings (SSSR count).